The summed E-state index contributed by atoms with van der Waals surface area (Å²) in [6.45, 7) is 8.48. The van der Waals surface area contributed by atoms with E-state index in [1.54, 1.807) is 18.7 Å². The summed E-state index contributed by atoms with van der Waals surface area (Å²) in [6, 6.07) is 8.30. The fourth-order valence-electron chi connectivity index (χ4n) is 2.16. The molecule has 19 heavy (non-hydrogen) atoms. The predicted molar refractivity (Wildman–Crippen MR) is 80.8 cm³/mol. The van der Waals surface area contributed by atoms with Crippen LogP contribution < -0.4 is 5.32 Å². The Morgan fingerprint density at radius 3 is 2.74 bits per heavy atom. The zero-order valence-corrected chi connectivity index (χ0v) is 12.9. The van der Waals surface area contributed by atoms with Crippen LogP contribution in [0.25, 0.3) is 0 Å². The topological polar surface area (TPSA) is 49.3 Å². The molecule has 0 aliphatic heterocycles. The zero-order chi connectivity index (χ0) is 14.5. The second-order valence-corrected chi connectivity index (χ2v) is 6.63. The molecule has 2 N–H and O–H groups in total. The van der Waals surface area contributed by atoms with E-state index in [2.05, 4.69) is 37.4 Å². The van der Waals surface area contributed by atoms with Crippen molar-refractivity contribution in [3.05, 3.63) is 29.8 Å². The van der Waals surface area contributed by atoms with Gasteiger partial charge in [-0.3, -0.25) is 4.79 Å². The predicted octanol–water partition coefficient (Wildman–Crippen LogP) is 3.32. The first kappa shape index (κ1) is 16.1. The lowest BCUT2D eigenvalue weighted by Gasteiger charge is -2.28. The lowest BCUT2D eigenvalue weighted by atomic mass is 9.96. The van der Waals surface area contributed by atoms with Crippen LogP contribution in [0.15, 0.2) is 29.2 Å². The Bertz CT molecular complexity index is 436. The Kier molecular flexibility index (Phi) is 5.88. The Morgan fingerprint density at radius 1 is 1.53 bits per heavy atom. The van der Waals surface area contributed by atoms with Crippen molar-refractivity contribution in [2.75, 3.05) is 6.54 Å². The molecule has 2 unspecified atom stereocenters. The number of rotatable bonds is 7. The number of aliphatic carboxylic acids is 1. The van der Waals surface area contributed by atoms with E-state index >= 15 is 0 Å². The molecule has 2 atom stereocenters. The van der Waals surface area contributed by atoms with Crippen LogP contribution >= 0.6 is 11.8 Å². The molecule has 0 aromatic heterocycles. The summed E-state index contributed by atoms with van der Waals surface area (Å²) < 4.78 is 0. The largest absolute Gasteiger partial charge is 0.480 e. The van der Waals surface area contributed by atoms with Crippen LogP contribution in [0.5, 0.6) is 0 Å². The Morgan fingerprint density at radius 2 is 2.21 bits per heavy atom. The standard InChI is InChI=1S/C15H23NO2S/c1-5-16-15(4,14(17)18)10-12(3)19-13-8-6-7-11(2)9-13/h6-9,12,16H,5,10H2,1-4H3,(H,17,18). The normalized spacial score (nSPS) is 15.8. The maximum atomic E-state index is 11.4. The lowest BCUT2D eigenvalue weighted by Crippen LogP contribution is -2.50. The monoisotopic (exact) mass is 281 g/mol. The van der Waals surface area contributed by atoms with Crippen LogP contribution in [0, 0.1) is 6.92 Å². The second-order valence-electron chi connectivity index (χ2n) is 5.12. The van der Waals surface area contributed by atoms with Crippen LogP contribution in [0.4, 0.5) is 0 Å². The zero-order valence-electron chi connectivity index (χ0n) is 12.1. The Hall–Kier alpha value is -1.00. The van der Waals surface area contributed by atoms with Gasteiger partial charge in [-0.2, -0.15) is 0 Å². The van der Waals surface area contributed by atoms with E-state index in [4.69, 9.17) is 0 Å². The maximum absolute atomic E-state index is 11.4. The molecule has 0 aliphatic rings. The molecule has 0 aliphatic carbocycles. The number of thioether (sulfide) groups is 1. The fraction of sp³-hybridized carbons (Fsp3) is 0.533. The van der Waals surface area contributed by atoms with Gasteiger partial charge >= 0.3 is 5.97 Å². The molecule has 4 heteroatoms. The van der Waals surface area contributed by atoms with E-state index in [0.717, 1.165) is 0 Å². The van der Waals surface area contributed by atoms with Crippen LogP contribution in [-0.2, 0) is 4.79 Å². The average Bonchev–Trinajstić information content (AvgIpc) is 2.28. The second kappa shape index (κ2) is 6.96. The number of aryl methyl sites for hydroxylation is 1. The lowest BCUT2D eigenvalue weighted by molar-refractivity contribution is -0.144. The number of carboxylic acid groups (broad SMARTS) is 1. The van der Waals surface area contributed by atoms with Crippen LogP contribution in [0.1, 0.15) is 32.8 Å². The maximum Gasteiger partial charge on any atom is 0.323 e. The molecule has 1 aromatic rings. The van der Waals surface area contributed by atoms with Crippen molar-refractivity contribution in [2.24, 2.45) is 0 Å². The van der Waals surface area contributed by atoms with Gasteiger partial charge in [0.1, 0.15) is 5.54 Å². The van der Waals surface area contributed by atoms with E-state index in [9.17, 15) is 9.90 Å². The van der Waals surface area contributed by atoms with Gasteiger partial charge in [0.2, 0.25) is 0 Å². The highest BCUT2D eigenvalue weighted by Crippen LogP contribution is 2.29. The summed E-state index contributed by atoms with van der Waals surface area (Å²) in [5.41, 5.74) is 0.371. The Labute approximate surface area is 119 Å². The highest BCUT2D eigenvalue weighted by Gasteiger charge is 2.33. The smallest absolute Gasteiger partial charge is 0.323 e. The van der Waals surface area contributed by atoms with Gasteiger partial charge in [0.25, 0.3) is 0 Å². The van der Waals surface area contributed by atoms with Crippen molar-refractivity contribution in [1.82, 2.24) is 5.32 Å². The third-order valence-corrected chi connectivity index (χ3v) is 4.16. The minimum atomic E-state index is -0.856. The molecular weight excluding hydrogens is 258 g/mol. The van der Waals surface area contributed by atoms with Gasteiger partial charge < -0.3 is 10.4 Å². The summed E-state index contributed by atoms with van der Waals surface area (Å²) in [5, 5.41) is 12.7. The summed E-state index contributed by atoms with van der Waals surface area (Å²) in [4.78, 5) is 12.6. The molecule has 0 fully saturated rings. The van der Waals surface area contributed by atoms with Crippen molar-refractivity contribution in [1.29, 1.82) is 0 Å². The minimum absolute atomic E-state index is 0.238. The summed E-state index contributed by atoms with van der Waals surface area (Å²) in [5.74, 6) is -0.786. The van der Waals surface area contributed by atoms with Crippen LogP contribution in [-0.4, -0.2) is 28.4 Å². The number of likely N-dealkylation sites (N-methyl/N-ethyl adjacent to an activating group) is 1. The van der Waals surface area contributed by atoms with Crippen molar-refractivity contribution in [3.63, 3.8) is 0 Å². The molecule has 0 amide bonds. The molecular formula is C15H23NO2S. The van der Waals surface area contributed by atoms with Crippen molar-refractivity contribution < 1.29 is 9.90 Å². The average molecular weight is 281 g/mol. The number of benzene rings is 1. The van der Waals surface area contributed by atoms with Gasteiger partial charge in [0.05, 0.1) is 0 Å². The first-order valence-electron chi connectivity index (χ1n) is 6.59. The van der Waals surface area contributed by atoms with Crippen LogP contribution in [0.3, 0.4) is 0 Å². The van der Waals surface area contributed by atoms with E-state index in [-0.39, 0.29) is 5.25 Å². The summed E-state index contributed by atoms with van der Waals surface area (Å²) in [7, 11) is 0. The van der Waals surface area contributed by atoms with Crippen molar-refractivity contribution in [2.45, 2.75) is 49.8 Å². The number of nitrogens with one attached hydrogen (secondary N) is 1. The van der Waals surface area contributed by atoms with Gasteiger partial charge in [0, 0.05) is 10.1 Å². The van der Waals surface area contributed by atoms with Crippen molar-refractivity contribution in [3.8, 4) is 0 Å². The third-order valence-electron chi connectivity index (χ3n) is 3.06. The first-order valence-corrected chi connectivity index (χ1v) is 7.47. The van der Waals surface area contributed by atoms with E-state index in [1.807, 2.05) is 13.0 Å². The number of hydrogen-bond donors (Lipinski definition) is 2. The van der Waals surface area contributed by atoms with E-state index in [1.165, 1.54) is 10.5 Å². The van der Waals surface area contributed by atoms with Gasteiger partial charge in [0.15, 0.2) is 0 Å². The van der Waals surface area contributed by atoms with Gasteiger partial charge in [-0.25, -0.2) is 0 Å². The summed E-state index contributed by atoms with van der Waals surface area (Å²) >= 11 is 1.72. The van der Waals surface area contributed by atoms with Crippen LogP contribution in [0.2, 0.25) is 0 Å². The molecule has 0 heterocycles. The van der Waals surface area contributed by atoms with Gasteiger partial charge in [-0.15, -0.1) is 11.8 Å². The first-order chi connectivity index (χ1) is 8.87. The third kappa shape index (κ3) is 4.88. The molecule has 3 nitrogen and oxygen atoms in total. The number of hydrogen-bond acceptors (Lipinski definition) is 3. The van der Waals surface area contributed by atoms with Crippen molar-refractivity contribution >= 4 is 17.7 Å². The van der Waals surface area contributed by atoms with E-state index < -0.39 is 11.5 Å². The quantitative estimate of drug-likeness (QED) is 0.753. The van der Waals surface area contributed by atoms with Gasteiger partial charge in [-0.1, -0.05) is 31.5 Å². The SMILES string of the molecule is CCNC(C)(CC(C)Sc1cccc(C)c1)C(=O)O. The minimum Gasteiger partial charge on any atom is -0.480 e. The molecule has 0 saturated heterocycles. The molecule has 1 rings (SSSR count). The molecule has 0 spiro atoms. The van der Waals surface area contributed by atoms with E-state index in [0.29, 0.717) is 13.0 Å². The molecule has 0 radical (unpaired) electrons. The highest BCUT2D eigenvalue weighted by molar-refractivity contribution is 7.99. The Balaban J connectivity index is 2.68. The molecule has 0 saturated carbocycles. The number of carboxylic acids is 1. The fourth-order valence-corrected chi connectivity index (χ4v) is 3.46. The molecule has 106 valence electrons. The highest BCUT2D eigenvalue weighted by atomic mass is 32.2. The molecule has 0 bridgehead atoms. The molecule has 1 aromatic carbocycles. The summed E-state index contributed by atoms with van der Waals surface area (Å²) in [6.07, 6.45) is 0.592. The number of carbonyl (C=O) groups is 1. The van der Waals surface area contributed by atoms with Gasteiger partial charge in [-0.05, 0) is 38.9 Å².